The van der Waals surface area contributed by atoms with Crippen molar-refractivity contribution in [1.29, 1.82) is 0 Å². The minimum absolute atomic E-state index is 0.361. The summed E-state index contributed by atoms with van der Waals surface area (Å²) in [6.45, 7) is 3.51. The molecule has 0 saturated heterocycles. The molecule has 0 bridgehead atoms. The molecule has 0 aromatic rings. The molecule has 0 fully saturated rings. The Kier molecular flexibility index (Phi) is 1.30. The molecule has 3 nitrogen and oxygen atoms in total. The first-order chi connectivity index (χ1) is 3.80. The van der Waals surface area contributed by atoms with Crippen molar-refractivity contribution < 1.29 is 0 Å². The largest absolute Gasteiger partial charge is 0.274 e. The van der Waals surface area contributed by atoms with Crippen LogP contribution in [-0.4, -0.2) is 11.5 Å². The van der Waals surface area contributed by atoms with Crippen LogP contribution in [0, 0.1) is 0 Å². The van der Waals surface area contributed by atoms with Gasteiger partial charge in [-0.05, 0) is 0 Å². The number of aliphatic imine (C=N–C) groups is 1. The van der Waals surface area contributed by atoms with Crippen LogP contribution in [0.3, 0.4) is 0 Å². The highest BCUT2D eigenvalue weighted by atomic mass is 35.5. The number of hydrogen-bond acceptors (Lipinski definition) is 3. The molecule has 1 heterocycles. The second-order valence-corrected chi connectivity index (χ2v) is 1.61. The number of halogens is 1. The van der Waals surface area contributed by atoms with Crippen molar-refractivity contribution in [2.75, 3.05) is 0 Å². The lowest BCUT2D eigenvalue weighted by Crippen LogP contribution is -2.13. The Morgan fingerprint density at radius 2 is 2.50 bits per heavy atom. The van der Waals surface area contributed by atoms with Gasteiger partial charge >= 0.3 is 0 Å². The van der Waals surface area contributed by atoms with Gasteiger partial charge in [-0.3, -0.25) is 5.43 Å². The van der Waals surface area contributed by atoms with Crippen molar-refractivity contribution in [3.05, 3.63) is 12.3 Å². The quantitative estimate of drug-likeness (QED) is 0.513. The van der Waals surface area contributed by atoms with E-state index in [1.54, 1.807) is 0 Å². The molecule has 0 aliphatic carbocycles. The molecule has 0 radical (unpaired) electrons. The van der Waals surface area contributed by atoms with Gasteiger partial charge in [-0.2, -0.15) is 5.10 Å². The van der Waals surface area contributed by atoms with Crippen LogP contribution in [-0.2, 0) is 0 Å². The average molecular weight is 130 g/mol. The van der Waals surface area contributed by atoms with Crippen molar-refractivity contribution in [2.24, 2.45) is 10.1 Å². The normalized spacial score (nSPS) is 17.6. The third-order valence-electron chi connectivity index (χ3n) is 0.677. The Morgan fingerprint density at radius 3 is 2.88 bits per heavy atom. The van der Waals surface area contributed by atoms with Crippen molar-refractivity contribution in [1.82, 2.24) is 5.43 Å². The molecule has 0 saturated carbocycles. The van der Waals surface area contributed by atoms with E-state index in [4.69, 9.17) is 11.6 Å². The van der Waals surface area contributed by atoms with Crippen LogP contribution < -0.4 is 5.43 Å². The number of nitrogens with zero attached hydrogens (tertiary/aromatic N) is 2. The fourth-order valence-electron chi connectivity index (χ4n) is 0.310. The van der Waals surface area contributed by atoms with Gasteiger partial charge in [-0.15, -0.1) is 0 Å². The molecule has 8 heavy (non-hydrogen) atoms. The van der Waals surface area contributed by atoms with Crippen LogP contribution in [0.25, 0.3) is 0 Å². The van der Waals surface area contributed by atoms with Gasteiger partial charge in [-0.1, -0.05) is 18.2 Å². The first-order valence-corrected chi connectivity index (χ1v) is 2.38. The topological polar surface area (TPSA) is 36.8 Å². The minimum Gasteiger partial charge on any atom is -0.274 e. The number of allylic oxidation sites excluding steroid dienone is 1. The maximum Gasteiger partial charge on any atom is 0.155 e. The van der Waals surface area contributed by atoms with Gasteiger partial charge < -0.3 is 0 Å². The fourth-order valence-corrected chi connectivity index (χ4v) is 0.396. The van der Waals surface area contributed by atoms with E-state index >= 15 is 0 Å². The number of nitrogens with one attached hydrogen (secondary N) is 1. The Labute approximate surface area is 51.8 Å². The van der Waals surface area contributed by atoms with E-state index in [0.717, 1.165) is 0 Å². The average Bonchev–Trinajstić information content (AvgIpc) is 1.77. The fraction of sp³-hybridized carbons (Fsp3) is 0. The highest BCUT2D eigenvalue weighted by Gasteiger charge is 1.99. The zero-order valence-electron chi connectivity index (χ0n) is 4.06. The van der Waals surface area contributed by atoms with Crippen LogP contribution in [0.4, 0.5) is 0 Å². The second kappa shape index (κ2) is 1.96. The molecule has 0 unspecified atom stereocenters. The van der Waals surface area contributed by atoms with Gasteiger partial charge in [0.05, 0.1) is 5.70 Å². The van der Waals surface area contributed by atoms with Crippen molar-refractivity contribution >= 4 is 23.1 Å². The molecule has 1 aliphatic heterocycles. The molecular formula is C4H4ClN3. The highest BCUT2D eigenvalue weighted by Crippen LogP contribution is 1.97. The van der Waals surface area contributed by atoms with E-state index in [-0.39, 0.29) is 0 Å². The SMILES string of the molecule is C=C1NN=CN=C1Cl. The smallest absolute Gasteiger partial charge is 0.155 e. The van der Waals surface area contributed by atoms with Gasteiger partial charge in [0.15, 0.2) is 5.17 Å². The molecule has 0 atom stereocenters. The van der Waals surface area contributed by atoms with E-state index in [1.165, 1.54) is 6.34 Å². The van der Waals surface area contributed by atoms with Gasteiger partial charge in [-0.25, -0.2) is 4.99 Å². The molecule has 0 amide bonds. The Balaban J connectivity index is 2.80. The summed E-state index contributed by atoms with van der Waals surface area (Å²) >= 11 is 5.46. The molecule has 1 rings (SSSR count). The summed E-state index contributed by atoms with van der Waals surface area (Å²) in [6, 6.07) is 0. The monoisotopic (exact) mass is 129 g/mol. The predicted molar refractivity (Wildman–Crippen MR) is 34.1 cm³/mol. The Hall–Kier alpha value is -0.830. The zero-order chi connectivity index (χ0) is 5.98. The second-order valence-electron chi connectivity index (χ2n) is 1.25. The molecule has 0 aromatic carbocycles. The third kappa shape index (κ3) is 0.869. The van der Waals surface area contributed by atoms with E-state index in [1.807, 2.05) is 0 Å². The molecule has 42 valence electrons. The van der Waals surface area contributed by atoms with E-state index in [9.17, 15) is 0 Å². The van der Waals surface area contributed by atoms with Crippen molar-refractivity contribution in [3.8, 4) is 0 Å². The maximum atomic E-state index is 5.46. The van der Waals surface area contributed by atoms with Crippen LogP contribution in [0.2, 0.25) is 0 Å². The van der Waals surface area contributed by atoms with Gasteiger partial charge in [0, 0.05) is 0 Å². The first-order valence-electron chi connectivity index (χ1n) is 2.01. The molecular weight excluding hydrogens is 126 g/mol. The first kappa shape index (κ1) is 5.31. The summed E-state index contributed by atoms with van der Waals surface area (Å²) < 4.78 is 0. The minimum atomic E-state index is 0.361. The Bertz CT molecular complexity index is 170. The van der Waals surface area contributed by atoms with Crippen LogP contribution >= 0.6 is 11.6 Å². The third-order valence-corrected chi connectivity index (χ3v) is 1.00. The lowest BCUT2D eigenvalue weighted by Gasteiger charge is -2.02. The molecule has 4 heteroatoms. The molecule has 0 aromatic heterocycles. The summed E-state index contributed by atoms with van der Waals surface area (Å²) in [7, 11) is 0. The van der Waals surface area contributed by atoms with Gasteiger partial charge in [0.25, 0.3) is 0 Å². The summed E-state index contributed by atoms with van der Waals surface area (Å²) in [5.41, 5.74) is 3.08. The number of rotatable bonds is 0. The van der Waals surface area contributed by atoms with Crippen molar-refractivity contribution in [2.45, 2.75) is 0 Å². The van der Waals surface area contributed by atoms with E-state index in [0.29, 0.717) is 10.9 Å². The summed E-state index contributed by atoms with van der Waals surface area (Å²) in [5, 5.41) is 3.92. The lowest BCUT2D eigenvalue weighted by molar-refractivity contribution is 0.933. The van der Waals surface area contributed by atoms with Crippen LogP contribution in [0.15, 0.2) is 22.4 Å². The van der Waals surface area contributed by atoms with E-state index in [2.05, 4.69) is 22.1 Å². The highest BCUT2D eigenvalue weighted by molar-refractivity contribution is 6.70. The molecule has 1 aliphatic rings. The van der Waals surface area contributed by atoms with Gasteiger partial charge in [0.1, 0.15) is 6.34 Å². The van der Waals surface area contributed by atoms with Gasteiger partial charge in [0.2, 0.25) is 0 Å². The zero-order valence-corrected chi connectivity index (χ0v) is 4.81. The lowest BCUT2D eigenvalue weighted by atomic mass is 10.5. The molecule has 0 spiro atoms. The predicted octanol–water partition coefficient (Wildman–Crippen LogP) is 0.684. The van der Waals surface area contributed by atoms with E-state index < -0.39 is 0 Å². The number of hydrazone groups is 1. The number of hydrogen-bond donors (Lipinski definition) is 1. The maximum absolute atomic E-state index is 5.46. The molecule has 1 N–H and O–H groups in total. The standard InChI is InChI=1S/C4H4ClN3/c1-3-4(5)6-2-7-8-3/h2,8H,1H2. The summed E-state index contributed by atoms with van der Waals surface area (Å²) in [4.78, 5) is 3.64. The van der Waals surface area contributed by atoms with Crippen LogP contribution in [0.5, 0.6) is 0 Å². The Morgan fingerprint density at radius 1 is 1.75 bits per heavy atom. The van der Waals surface area contributed by atoms with Crippen molar-refractivity contribution in [3.63, 3.8) is 0 Å². The summed E-state index contributed by atoms with van der Waals surface area (Å²) in [5.74, 6) is 0. The van der Waals surface area contributed by atoms with Crippen LogP contribution in [0.1, 0.15) is 0 Å². The summed E-state index contributed by atoms with van der Waals surface area (Å²) in [6.07, 6.45) is 1.33.